The molecule has 0 aliphatic carbocycles. The average Bonchev–Trinajstić information content (AvgIpc) is 2.42. The van der Waals surface area contributed by atoms with Crippen LogP contribution in [0.5, 0.6) is 0 Å². The van der Waals surface area contributed by atoms with Crippen LogP contribution in [0.4, 0.5) is 8.78 Å². The van der Waals surface area contributed by atoms with Crippen molar-refractivity contribution in [1.82, 2.24) is 5.32 Å². The number of carbonyl (C=O) groups is 1. The molecule has 0 heterocycles. The van der Waals surface area contributed by atoms with Crippen molar-refractivity contribution in [2.24, 2.45) is 0 Å². The number of hydrogen-bond acceptors (Lipinski definition) is 1. The van der Waals surface area contributed by atoms with Crippen LogP contribution in [-0.4, -0.2) is 5.91 Å². The van der Waals surface area contributed by atoms with Gasteiger partial charge in [-0.2, -0.15) is 0 Å². The maximum Gasteiger partial charge on any atom is 0.251 e. The predicted octanol–water partition coefficient (Wildman–Crippen LogP) is 3.76. The molecule has 0 bridgehead atoms. The van der Waals surface area contributed by atoms with Crippen molar-refractivity contribution in [1.29, 1.82) is 0 Å². The van der Waals surface area contributed by atoms with Gasteiger partial charge in [0.05, 0.1) is 6.04 Å². The first kappa shape index (κ1) is 14.2. The summed E-state index contributed by atoms with van der Waals surface area (Å²) in [6.45, 7) is 3.66. The van der Waals surface area contributed by atoms with Gasteiger partial charge in [-0.3, -0.25) is 4.79 Å². The van der Waals surface area contributed by atoms with E-state index in [0.717, 1.165) is 17.7 Å². The van der Waals surface area contributed by atoms with Gasteiger partial charge in [0.2, 0.25) is 0 Å². The first-order valence-corrected chi connectivity index (χ1v) is 6.30. The molecule has 0 radical (unpaired) electrons. The van der Waals surface area contributed by atoms with Gasteiger partial charge in [0.25, 0.3) is 5.91 Å². The van der Waals surface area contributed by atoms with Crippen LogP contribution < -0.4 is 5.32 Å². The molecule has 1 unspecified atom stereocenters. The zero-order chi connectivity index (χ0) is 14.7. The quantitative estimate of drug-likeness (QED) is 0.907. The van der Waals surface area contributed by atoms with E-state index in [-0.39, 0.29) is 5.91 Å². The largest absolute Gasteiger partial charge is 0.346 e. The van der Waals surface area contributed by atoms with Crippen LogP contribution in [-0.2, 0) is 0 Å². The molecule has 0 aromatic heterocycles. The molecule has 1 amide bonds. The Hall–Kier alpha value is -2.23. The first-order chi connectivity index (χ1) is 9.47. The standard InChI is InChI=1S/C16H15F2NO/c1-10-3-5-12(6-4-10)16(20)19-11(2)13-7-8-14(17)15(18)9-13/h3-9,11H,1-2H3,(H,19,20). The van der Waals surface area contributed by atoms with Crippen molar-refractivity contribution >= 4 is 5.91 Å². The average molecular weight is 275 g/mol. The normalized spacial score (nSPS) is 12.0. The Morgan fingerprint density at radius 1 is 1.05 bits per heavy atom. The fraction of sp³-hybridized carbons (Fsp3) is 0.188. The van der Waals surface area contributed by atoms with Gasteiger partial charge in [-0.05, 0) is 43.7 Å². The second-order valence-electron chi connectivity index (χ2n) is 4.73. The molecule has 1 atom stereocenters. The highest BCUT2D eigenvalue weighted by Crippen LogP contribution is 2.16. The highest BCUT2D eigenvalue weighted by atomic mass is 19.2. The summed E-state index contributed by atoms with van der Waals surface area (Å²) in [7, 11) is 0. The summed E-state index contributed by atoms with van der Waals surface area (Å²) < 4.78 is 26.0. The number of nitrogens with one attached hydrogen (secondary N) is 1. The highest BCUT2D eigenvalue weighted by Gasteiger charge is 2.13. The number of benzene rings is 2. The van der Waals surface area contributed by atoms with Crippen LogP contribution in [0.3, 0.4) is 0 Å². The van der Waals surface area contributed by atoms with E-state index in [1.807, 2.05) is 19.1 Å². The van der Waals surface area contributed by atoms with Crippen molar-refractivity contribution in [2.45, 2.75) is 19.9 Å². The summed E-state index contributed by atoms with van der Waals surface area (Å²) in [5, 5.41) is 2.75. The van der Waals surface area contributed by atoms with Crippen LogP contribution in [0.2, 0.25) is 0 Å². The molecule has 0 aliphatic heterocycles. The zero-order valence-corrected chi connectivity index (χ0v) is 11.3. The van der Waals surface area contributed by atoms with Crippen molar-refractivity contribution < 1.29 is 13.6 Å². The smallest absolute Gasteiger partial charge is 0.251 e. The molecule has 0 aliphatic rings. The maximum atomic E-state index is 13.2. The van der Waals surface area contributed by atoms with E-state index < -0.39 is 17.7 Å². The number of carbonyl (C=O) groups excluding carboxylic acids is 1. The SMILES string of the molecule is Cc1ccc(C(=O)NC(C)c2ccc(F)c(F)c2)cc1. The molecule has 20 heavy (non-hydrogen) atoms. The number of aryl methyl sites for hydroxylation is 1. The minimum Gasteiger partial charge on any atom is -0.346 e. The fourth-order valence-corrected chi connectivity index (χ4v) is 1.85. The summed E-state index contributed by atoms with van der Waals surface area (Å²) in [6.07, 6.45) is 0. The lowest BCUT2D eigenvalue weighted by Gasteiger charge is -2.14. The van der Waals surface area contributed by atoms with Crippen LogP contribution in [0, 0.1) is 18.6 Å². The summed E-state index contributed by atoms with van der Waals surface area (Å²) in [5.74, 6) is -2.06. The van der Waals surface area contributed by atoms with E-state index in [2.05, 4.69) is 5.32 Å². The van der Waals surface area contributed by atoms with Crippen molar-refractivity contribution in [2.75, 3.05) is 0 Å². The Morgan fingerprint density at radius 2 is 1.70 bits per heavy atom. The van der Waals surface area contributed by atoms with Crippen molar-refractivity contribution in [3.63, 3.8) is 0 Å². The second-order valence-corrected chi connectivity index (χ2v) is 4.73. The molecule has 0 fully saturated rings. The van der Waals surface area contributed by atoms with E-state index in [9.17, 15) is 13.6 Å². The molecule has 4 heteroatoms. The zero-order valence-electron chi connectivity index (χ0n) is 11.3. The van der Waals surface area contributed by atoms with E-state index in [0.29, 0.717) is 11.1 Å². The summed E-state index contributed by atoms with van der Waals surface area (Å²) in [4.78, 5) is 12.0. The Kier molecular flexibility index (Phi) is 4.13. The van der Waals surface area contributed by atoms with E-state index in [1.54, 1.807) is 19.1 Å². The number of rotatable bonds is 3. The lowest BCUT2D eigenvalue weighted by atomic mass is 10.1. The molecule has 0 saturated heterocycles. The molecule has 0 spiro atoms. The van der Waals surface area contributed by atoms with Gasteiger partial charge in [-0.15, -0.1) is 0 Å². The summed E-state index contributed by atoms with van der Waals surface area (Å²) in [6, 6.07) is 10.3. The topological polar surface area (TPSA) is 29.1 Å². The van der Waals surface area contributed by atoms with Gasteiger partial charge < -0.3 is 5.32 Å². The number of amides is 1. The second kappa shape index (κ2) is 5.82. The minimum absolute atomic E-state index is 0.248. The molecule has 2 rings (SSSR count). The lowest BCUT2D eigenvalue weighted by molar-refractivity contribution is 0.0940. The molecule has 2 aromatic carbocycles. The van der Waals surface area contributed by atoms with Gasteiger partial charge in [-0.25, -0.2) is 8.78 Å². The maximum absolute atomic E-state index is 13.2. The van der Waals surface area contributed by atoms with Crippen LogP contribution in [0.25, 0.3) is 0 Å². The number of hydrogen-bond donors (Lipinski definition) is 1. The van der Waals surface area contributed by atoms with Gasteiger partial charge in [0, 0.05) is 5.56 Å². The van der Waals surface area contributed by atoms with Crippen LogP contribution in [0.15, 0.2) is 42.5 Å². The fourth-order valence-electron chi connectivity index (χ4n) is 1.85. The summed E-state index contributed by atoms with van der Waals surface area (Å²) >= 11 is 0. The molecule has 2 nitrogen and oxygen atoms in total. The Bertz CT molecular complexity index is 623. The van der Waals surface area contributed by atoms with Gasteiger partial charge >= 0.3 is 0 Å². The molecule has 0 saturated carbocycles. The Labute approximate surface area is 116 Å². The van der Waals surface area contributed by atoms with E-state index in [1.165, 1.54) is 6.07 Å². The molecular formula is C16H15F2NO. The molecule has 2 aromatic rings. The lowest BCUT2D eigenvalue weighted by Crippen LogP contribution is -2.26. The van der Waals surface area contributed by atoms with Crippen molar-refractivity contribution in [3.05, 3.63) is 70.8 Å². The highest BCUT2D eigenvalue weighted by molar-refractivity contribution is 5.94. The van der Waals surface area contributed by atoms with Gasteiger partial charge in [-0.1, -0.05) is 23.8 Å². The molecule has 1 N–H and O–H groups in total. The van der Waals surface area contributed by atoms with E-state index in [4.69, 9.17) is 0 Å². The van der Waals surface area contributed by atoms with Crippen molar-refractivity contribution in [3.8, 4) is 0 Å². The number of halogens is 2. The molecular weight excluding hydrogens is 260 g/mol. The van der Waals surface area contributed by atoms with Gasteiger partial charge in [0.1, 0.15) is 0 Å². The molecule has 104 valence electrons. The van der Waals surface area contributed by atoms with Crippen LogP contribution >= 0.6 is 0 Å². The minimum atomic E-state index is -0.918. The first-order valence-electron chi connectivity index (χ1n) is 6.30. The third kappa shape index (κ3) is 3.20. The van der Waals surface area contributed by atoms with Crippen LogP contribution in [0.1, 0.15) is 34.5 Å². The third-order valence-electron chi connectivity index (χ3n) is 3.11. The predicted molar refractivity (Wildman–Crippen MR) is 73.4 cm³/mol. The Balaban J connectivity index is 2.10. The van der Waals surface area contributed by atoms with Gasteiger partial charge in [0.15, 0.2) is 11.6 Å². The Morgan fingerprint density at radius 3 is 2.30 bits per heavy atom. The third-order valence-corrected chi connectivity index (χ3v) is 3.11. The summed E-state index contributed by atoms with van der Waals surface area (Å²) in [5.41, 5.74) is 2.12. The van der Waals surface area contributed by atoms with E-state index >= 15 is 0 Å². The monoisotopic (exact) mass is 275 g/mol.